The Labute approximate surface area is 134 Å². The average Bonchev–Trinajstić information content (AvgIpc) is 2.35. The maximum absolute atomic E-state index is 11.4. The second kappa shape index (κ2) is 13.9. The van der Waals surface area contributed by atoms with Gasteiger partial charge in [0.25, 0.3) is 0 Å². The molecule has 6 heteroatoms. The number of hydrogen-bond acceptors (Lipinski definition) is 2. The Morgan fingerprint density at radius 1 is 1.16 bits per heavy atom. The number of carbonyl (C=O) groups excluding carboxylic acids is 1. The quantitative estimate of drug-likeness (QED) is 0.259. The second-order valence-corrected chi connectivity index (χ2v) is 4.74. The molecule has 0 aliphatic heterocycles. The molecule has 0 saturated carbocycles. The summed E-state index contributed by atoms with van der Waals surface area (Å²) in [6, 6.07) is 0. The summed E-state index contributed by atoms with van der Waals surface area (Å²) < 4.78 is 0. The molecule has 0 aliphatic carbocycles. The highest BCUT2D eigenvalue weighted by Crippen LogP contribution is 2.01. The standard InChI is InChI=1S/C13H28N4O.HI/c1-5-8-15-12(18)10-17-13(14-4)16-9-6-7-11(2)3;/h11H,5-10H2,1-4H3,(H,15,18)(H2,14,16,17);1H. The summed E-state index contributed by atoms with van der Waals surface area (Å²) >= 11 is 0. The number of rotatable bonds is 8. The van der Waals surface area contributed by atoms with Crippen molar-refractivity contribution in [3.05, 3.63) is 0 Å². The van der Waals surface area contributed by atoms with Crippen LogP contribution >= 0.6 is 24.0 Å². The van der Waals surface area contributed by atoms with Crippen LogP contribution in [0.3, 0.4) is 0 Å². The molecular formula is C13H29IN4O. The van der Waals surface area contributed by atoms with E-state index in [1.165, 1.54) is 6.42 Å². The topological polar surface area (TPSA) is 65.5 Å². The van der Waals surface area contributed by atoms with Crippen LogP contribution in [0.4, 0.5) is 0 Å². The van der Waals surface area contributed by atoms with E-state index in [9.17, 15) is 4.79 Å². The fraction of sp³-hybridized carbons (Fsp3) is 0.846. The number of hydrogen-bond donors (Lipinski definition) is 3. The number of nitrogens with zero attached hydrogens (tertiary/aromatic N) is 1. The van der Waals surface area contributed by atoms with Gasteiger partial charge in [-0.05, 0) is 25.2 Å². The lowest BCUT2D eigenvalue weighted by molar-refractivity contribution is -0.120. The van der Waals surface area contributed by atoms with Gasteiger partial charge in [0.1, 0.15) is 0 Å². The minimum absolute atomic E-state index is 0. The molecule has 1 amide bonds. The molecular weight excluding hydrogens is 355 g/mol. The molecule has 3 N–H and O–H groups in total. The Balaban J connectivity index is 0. The molecule has 0 bridgehead atoms. The lowest BCUT2D eigenvalue weighted by atomic mass is 10.1. The summed E-state index contributed by atoms with van der Waals surface area (Å²) in [7, 11) is 1.71. The van der Waals surface area contributed by atoms with Gasteiger partial charge < -0.3 is 16.0 Å². The Morgan fingerprint density at radius 2 is 1.84 bits per heavy atom. The van der Waals surface area contributed by atoms with E-state index in [4.69, 9.17) is 0 Å². The number of halogens is 1. The van der Waals surface area contributed by atoms with E-state index < -0.39 is 0 Å². The van der Waals surface area contributed by atoms with E-state index in [0.717, 1.165) is 31.8 Å². The number of aliphatic imine (C=N–C) groups is 1. The smallest absolute Gasteiger partial charge is 0.239 e. The van der Waals surface area contributed by atoms with Gasteiger partial charge in [-0.2, -0.15) is 0 Å². The Morgan fingerprint density at radius 3 is 2.37 bits per heavy atom. The van der Waals surface area contributed by atoms with Crippen LogP contribution < -0.4 is 16.0 Å². The summed E-state index contributed by atoms with van der Waals surface area (Å²) in [5.74, 6) is 1.41. The minimum Gasteiger partial charge on any atom is -0.356 e. The van der Waals surface area contributed by atoms with Gasteiger partial charge in [-0.3, -0.25) is 9.79 Å². The molecule has 19 heavy (non-hydrogen) atoms. The molecule has 0 aromatic carbocycles. The van der Waals surface area contributed by atoms with Crippen LogP contribution in [0.1, 0.15) is 40.0 Å². The zero-order valence-corrected chi connectivity index (χ0v) is 14.9. The van der Waals surface area contributed by atoms with Crippen molar-refractivity contribution in [1.82, 2.24) is 16.0 Å². The zero-order chi connectivity index (χ0) is 13.8. The highest BCUT2D eigenvalue weighted by Gasteiger charge is 2.02. The van der Waals surface area contributed by atoms with Gasteiger partial charge in [0.05, 0.1) is 6.54 Å². The molecule has 0 radical (unpaired) electrons. The summed E-state index contributed by atoms with van der Waals surface area (Å²) in [5, 5.41) is 9.00. The normalized spacial score (nSPS) is 10.9. The van der Waals surface area contributed by atoms with Crippen LogP contribution in [0.15, 0.2) is 4.99 Å². The van der Waals surface area contributed by atoms with Crippen LogP contribution in [-0.4, -0.2) is 38.5 Å². The second-order valence-electron chi connectivity index (χ2n) is 4.74. The molecule has 0 saturated heterocycles. The highest BCUT2D eigenvalue weighted by molar-refractivity contribution is 14.0. The molecule has 0 heterocycles. The molecule has 114 valence electrons. The van der Waals surface area contributed by atoms with Crippen LogP contribution in [0.2, 0.25) is 0 Å². The van der Waals surface area contributed by atoms with Crippen LogP contribution in [0.25, 0.3) is 0 Å². The van der Waals surface area contributed by atoms with Crippen molar-refractivity contribution >= 4 is 35.8 Å². The van der Waals surface area contributed by atoms with Gasteiger partial charge >= 0.3 is 0 Å². The van der Waals surface area contributed by atoms with Crippen molar-refractivity contribution in [1.29, 1.82) is 0 Å². The number of carbonyl (C=O) groups is 1. The van der Waals surface area contributed by atoms with Gasteiger partial charge in [-0.25, -0.2) is 0 Å². The molecule has 0 rings (SSSR count). The molecule has 0 unspecified atom stereocenters. The average molecular weight is 384 g/mol. The predicted octanol–water partition coefficient (Wildman–Crippen LogP) is 1.73. The lowest BCUT2D eigenvalue weighted by Gasteiger charge is -2.12. The molecule has 0 spiro atoms. The van der Waals surface area contributed by atoms with E-state index in [0.29, 0.717) is 5.96 Å². The van der Waals surface area contributed by atoms with E-state index in [-0.39, 0.29) is 36.4 Å². The van der Waals surface area contributed by atoms with Crippen molar-refractivity contribution in [2.75, 3.05) is 26.7 Å². The van der Waals surface area contributed by atoms with Crippen molar-refractivity contribution < 1.29 is 4.79 Å². The molecule has 0 fully saturated rings. The third-order valence-corrected chi connectivity index (χ3v) is 2.46. The van der Waals surface area contributed by atoms with E-state index in [1.807, 2.05) is 6.92 Å². The number of nitrogens with one attached hydrogen (secondary N) is 3. The molecule has 0 aliphatic rings. The van der Waals surface area contributed by atoms with E-state index in [1.54, 1.807) is 7.05 Å². The predicted molar refractivity (Wildman–Crippen MR) is 92.2 cm³/mol. The van der Waals surface area contributed by atoms with E-state index >= 15 is 0 Å². The molecule has 0 aromatic rings. The Kier molecular flexibility index (Phi) is 15.2. The Bertz CT molecular complexity index is 257. The van der Waals surface area contributed by atoms with Gasteiger partial charge in [0, 0.05) is 20.1 Å². The summed E-state index contributed by atoms with van der Waals surface area (Å²) in [4.78, 5) is 15.5. The van der Waals surface area contributed by atoms with Crippen LogP contribution in [-0.2, 0) is 4.79 Å². The third-order valence-electron chi connectivity index (χ3n) is 2.46. The van der Waals surface area contributed by atoms with Gasteiger partial charge in [0.15, 0.2) is 5.96 Å². The first-order chi connectivity index (χ1) is 8.60. The highest BCUT2D eigenvalue weighted by atomic mass is 127. The first kappa shape index (κ1) is 20.8. The minimum atomic E-state index is 0. The fourth-order valence-electron chi connectivity index (χ4n) is 1.43. The van der Waals surface area contributed by atoms with Crippen molar-refractivity contribution in [2.45, 2.75) is 40.0 Å². The lowest BCUT2D eigenvalue weighted by Crippen LogP contribution is -2.43. The maximum atomic E-state index is 11.4. The van der Waals surface area contributed by atoms with Crippen LogP contribution in [0.5, 0.6) is 0 Å². The molecule has 5 nitrogen and oxygen atoms in total. The van der Waals surface area contributed by atoms with E-state index in [2.05, 4.69) is 34.8 Å². The Hall–Kier alpha value is -0.530. The maximum Gasteiger partial charge on any atom is 0.239 e. The number of amides is 1. The fourth-order valence-corrected chi connectivity index (χ4v) is 1.43. The monoisotopic (exact) mass is 384 g/mol. The van der Waals surface area contributed by atoms with Gasteiger partial charge in [0.2, 0.25) is 5.91 Å². The summed E-state index contributed by atoms with van der Waals surface area (Å²) in [6.07, 6.45) is 3.26. The first-order valence-electron chi connectivity index (χ1n) is 6.81. The summed E-state index contributed by atoms with van der Waals surface area (Å²) in [6.45, 7) is 8.33. The zero-order valence-electron chi connectivity index (χ0n) is 12.6. The molecule has 0 atom stereocenters. The largest absolute Gasteiger partial charge is 0.356 e. The van der Waals surface area contributed by atoms with Crippen LogP contribution in [0, 0.1) is 5.92 Å². The third kappa shape index (κ3) is 13.7. The van der Waals surface area contributed by atoms with Gasteiger partial charge in [-0.15, -0.1) is 24.0 Å². The van der Waals surface area contributed by atoms with Crippen molar-refractivity contribution in [3.8, 4) is 0 Å². The SMILES string of the molecule is CCCNC(=O)CNC(=NC)NCCCC(C)C.I. The van der Waals surface area contributed by atoms with Crippen molar-refractivity contribution in [2.24, 2.45) is 10.9 Å². The first-order valence-corrected chi connectivity index (χ1v) is 6.81. The number of guanidine groups is 1. The summed E-state index contributed by atoms with van der Waals surface area (Å²) in [5.41, 5.74) is 0. The van der Waals surface area contributed by atoms with Gasteiger partial charge in [-0.1, -0.05) is 20.8 Å². The molecule has 0 aromatic heterocycles. The van der Waals surface area contributed by atoms with Crippen molar-refractivity contribution in [3.63, 3.8) is 0 Å².